The molecule has 6 unspecified atom stereocenters. The molecule has 6 atom stereocenters. The van der Waals surface area contributed by atoms with E-state index in [0.29, 0.717) is 19.3 Å². The van der Waals surface area contributed by atoms with Crippen molar-refractivity contribution in [1.82, 2.24) is 0 Å². The Morgan fingerprint density at radius 3 is 1.43 bits per heavy atom. The molecule has 0 bridgehead atoms. The molecule has 1 rings (SSSR count). The van der Waals surface area contributed by atoms with Gasteiger partial charge in [-0.3, -0.25) is 14.4 Å². The number of carboxylic acids is 1. The largest absolute Gasteiger partial charge is 0.479 e. The first-order valence-corrected chi connectivity index (χ1v) is 27.6. The lowest BCUT2D eigenvalue weighted by Crippen LogP contribution is -2.61. The number of carboxylic acid groups (broad SMARTS) is 1. The molecule has 1 fully saturated rings. The third-order valence-corrected chi connectivity index (χ3v) is 12.4. The van der Waals surface area contributed by atoms with Gasteiger partial charge in [-0.15, -0.1) is 0 Å². The Hall–Kier alpha value is -3.32. The normalized spacial score (nSPS) is 19.0. The molecule has 0 aliphatic carbocycles. The van der Waals surface area contributed by atoms with E-state index in [4.69, 9.17) is 23.7 Å². The van der Waals surface area contributed by atoms with E-state index < -0.39 is 67.3 Å². The van der Waals surface area contributed by atoms with Gasteiger partial charge in [0, 0.05) is 19.3 Å². The highest BCUT2D eigenvalue weighted by Gasteiger charge is 2.50. The predicted octanol–water partition coefficient (Wildman–Crippen LogP) is 13.4. The predicted molar refractivity (Wildman–Crippen MR) is 276 cm³/mol. The Kier molecular flexibility index (Phi) is 42.3. The number of hydrogen-bond acceptors (Lipinski definition) is 11. The summed E-state index contributed by atoms with van der Waals surface area (Å²) < 4.78 is 28.3. The number of carbonyl (C=O) groups is 4. The third kappa shape index (κ3) is 36.3. The maximum Gasteiger partial charge on any atom is 0.335 e. The topological polar surface area (TPSA) is 175 Å². The zero-order valence-corrected chi connectivity index (χ0v) is 43.6. The molecule has 3 N–H and O–H groups in total. The molecule has 69 heavy (non-hydrogen) atoms. The average molecular weight is 975 g/mol. The fourth-order valence-corrected chi connectivity index (χ4v) is 8.14. The SMILES string of the molecule is CC/C=C\C/C=C\C/C=C\CCCCCC(=O)OCC(COC1OC(C(=O)O)C(O)C(O)C1OC(=O)CCCCCCCCCCCCCCC)OC(=O)CCCCCCC/C=C\CCCCCC. The zero-order chi connectivity index (χ0) is 50.4. The van der Waals surface area contributed by atoms with Crippen molar-refractivity contribution < 1.29 is 58.2 Å². The lowest BCUT2D eigenvalue weighted by molar-refractivity contribution is -0.301. The molecule has 12 nitrogen and oxygen atoms in total. The van der Waals surface area contributed by atoms with E-state index in [-0.39, 0.29) is 25.9 Å². The number of hydrogen-bond donors (Lipinski definition) is 3. The summed E-state index contributed by atoms with van der Waals surface area (Å²) in [6.07, 6.45) is 40.9. The van der Waals surface area contributed by atoms with Crippen molar-refractivity contribution in [3.8, 4) is 0 Å². The van der Waals surface area contributed by atoms with E-state index in [1.165, 1.54) is 77.0 Å². The minimum absolute atomic E-state index is 0.0598. The van der Waals surface area contributed by atoms with Gasteiger partial charge in [0.15, 0.2) is 24.6 Å². The number of ether oxygens (including phenoxy) is 5. The highest BCUT2D eigenvalue weighted by atomic mass is 16.7. The van der Waals surface area contributed by atoms with Crippen molar-refractivity contribution in [2.24, 2.45) is 0 Å². The van der Waals surface area contributed by atoms with E-state index >= 15 is 0 Å². The maximum atomic E-state index is 13.1. The molecule has 0 saturated carbocycles. The first-order chi connectivity index (χ1) is 33.6. The quantitative estimate of drug-likeness (QED) is 0.0228. The van der Waals surface area contributed by atoms with Crippen LogP contribution in [-0.2, 0) is 42.9 Å². The summed E-state index contributed by atoms with van der Waals surface area (Å²) in [6.45, 7) is 5.82. The molecule has 12 heteroatoms. The van der Waals surface area contributed by atoms with Crippen LogP contribution in [0.3, 0.4) is 0 Å². The Morgan fingerprint density at radius 1 is 0.493 bits per heavy atom. The van der Waals surface area contributed by atoms with Gasteiger partial charge in [0.1, 0.15) is 18.8 Å². The van der Waals surface area contributed by atoms with Crippen LogP contribution in [0.5, 0.6) is 0 Å². The van der Waals surface area contributed by atoms with E-state index in [1.54, 1.807) is 0 Å². The van der Waals surface area contributed by atoms with Crippen LogP contribution in [0.4, 0.5) is 0 Å². The minimum Gasteiger partial charge on any atom is -0.479 e. The number of aliphatic hydroxyl groups excluding tert-OH is 2. The minimum atomic E-state index is -1.90. The number of aliphatic hydroxyl groups is 2. The second-order valence-corrected chi connectivity index (χ2v) is 18.8. The Morgan fingerprint density at radius 2 is 0.913 bits per heavy atom. The first-order valence-electron chi connectivity index (χ1n) is 27.6. The Bertz CT molecular complexity index is 1390. The molecule has 1 aliphatic rings. The monoisotopic (exact) mass is 975 g/mol. The highest BCUT2D eigenvalue weighted by molar-refractivity contribution is 5.74. The molecular formula is C57H98O12. The smallest absolute Gasteiger partial charge is 0.335 e. The van der Waals surface area contributed by atoms with Gasteiger partial charge >= 0.3 is 23.9 Å². The van der Waals surface area contributed by atoms with Crippen molar-refractivity contribution in [3.05, 3.63) is 48.6 Å². The summed E-state index contributed by atoms with van der Waals surface area (Å²) in [5.74, 6) is -3.16. The number of carbonyl (C=O) groups excluding carboxylic acids is 3. The number of allylic oxidation sites excluding steroid dienone is 8. The van der Waals surface area contributed by atoms with Gasteiger partial charge in [-0.2, -0.15) is 0 Å². The summed E-state index contributed by atoms with van der Waals surface area (Å²) in [4.78, 5) is 50.9. The van der Waals surface area contributed by atoms with Gasteiger partial charge in [-0.1, -0.05) is 191 Å². The van der Waals surface area contributed by atoms with Crippen molar-refractivity contribution in [2.75, 3.05) is 13.2 Å². The van der Waals surface area contributed by atoms with Crippen molar-refractivity contribution in [2.45, 2.75) is 276 Å². The van der Waals surface area contributed by atoms with Gasteiger partial charge in [0.2, 0.25) is 0 Å². The lowest BCUT2D eigenvalue weighted by Gasteiger charge is -2.40. The van der Waals surface area contributed by atoms with Crippen LogP contribution in [0.1, 0.15) is 239 Å². The van der Waals surface area contributed by atoms with E-state index in [0.717, 1.165) is 103 Å². The molecule has 0 aromatic carbocycles. The number of aliphatic carboxylic acids is 1. The molecule has 0 spiro atoms. The second kappa shape index (κ2) is 45.8. The Balaban J connectivity index is 2.74. The number of esters is 3. The summed E-state index contributed by atoms with van der Waals surface area (Å²) >= 11 is 0. The van der Waals surface area contributed by atoms with E-state index in [2.05, 4.69) is 69.4 Å². The third-order valence-electron chi connectivity index (χ3n) is 12.4. The molecule has 398 valence electrons. The summed E-state index contributed by atoms with van der Waals surface area (Å²) in [7, 11) is 0. The van der Waals surface area contributed by atoms with Crippen LogP contribution in [0.25, 0.3) is 0 Å². The van der Waals surface area contributed by atoms with Crippen LogP contribution in [-0.4, -0.2) is 89.2 Å². The Labute approximate surface area is 418 Å². The summed E-state index contributed by atoms with van der Waals surface area (Å²) in [5.41, 5.74) is 0. The standard InChI is InChI=1S/C57H98O12/c1-4-7-10-13-16-19-22-25-28-31-34-37-40-43-49(58)65-46-48(67-50(59)44-41-38-35-32-29-26-23-20-17-14-11-8-5-2)47-66-57-55(53(62)52(61)54(69-57)56(63)64)68-51(60)45-42-39-36-33-30-27-24-21-18-15-12-9-6-3/h7,10,16,19-20,23,25,28,48,52-55,57,61-62H,4-6,8-9,11-15,17-18,21-22,24,26-27,29-47H2,1-3H3,(H,63,64)/b10-7-,19-16-,23-20-,28-25-. The molecule has 0 aromatic rings. The van der Waals surface area contributed by atoms with Gasteiger partial charge in [0.05, 0.1) is 6.61 Å². The van der Waals surface area contributed by atoms with Crippen LogP contribution in [0, 0.1) is 0 Å². The maximum absolute atomic E-state index is 13.1. The molecular weight excluding hydrogens is 877 g/mol. The molecule has 1 saturated heterocycles. The molecule has 0 radical (unpaired) electrons. The number of unbranched alkanes of at least 4 members (excludes halogenated alkanes) is 24. The van der Waals surface area contributed by atoms with Crippen molar-refractivity contribution >= 4 is 23.9 Å². The van der Waals surface area contributed by atoms with Gasteiger partial charge in [-0.25, -0.2) is 4.79 Å². The second-order valence-electron chi connectivity index (χ2n) is 18.8. The van der Waals surface area contributed by atoms with Crippen molar-refractivity contribution in [1.29, 1.82) is 0 Å². The van der Waals surface area contributed by atoms with Gasteiger partial charge < -0.3 is 39.0 Å². The molecule has 0 aromatic heterocycles. The first kappa shape index (κ1) is 63.7. The average Bonchev–Trinajstić information content (AvgIpc) is 3.33. The lowest BCUT2D eigenvalue weighted by atomic mass is 9.98. The number of rotatable bonds is 46. The fraction of sp³-hybridized carbons (Fsp3) is 0.789. The zero-order valence-electron chi connectivity index (χ0n) is 43.6. The van der Waals surface area contributed by atoms with Gasteiger partial charge in [0.25, 0.3) is 0 Å². The van der Waals surface area contributed by atoms with Crippen LogP contribution >= 0.6 is 0 Å². The molecule has 0 amide bonds. The van der Waals surface area contributed by atoms with E-state index in [1.807, 2.05) is 0 Å². The summed E-state index contributed by atoms with van der Waals surface area (Å²) in [5, 5.41) is 31.4. The summed E-state index contributed by atoms with van der Waals surface area (Å²) in [6, 6.07) is 0. The van der Waals surface area contributed by atoms with Crippen LogP contribution in [0.15, 0.2) is 48.6 Å². The van der Waals surface area contributed by atoms with Crippen LogP contribution < -0.4 is 0 Å². The molecule has 1 aliphatic heterocycles. The van der Waals surface area contributed by atoms with Gasteiger partial charge in [-0.05, 0) is 77.0 Å². The molecule has 1 heterocycles. The highest BCUT2D eigenvalue weighted by Crippen LogP contribution is 2.26. The van der Waals surface area contributed by atoms with E-state index in [9.17, 15) is 34.5 Å². The fourth-order valence-electron chi connectivity index (χ4n) is 8.14. The van der Waals surface area contributed by atoms with Crippen LogP contribution in [0.2, 0.25) is 0 Å². The van der Waals surface area contributed by atoms with Crippen molar-refractivity contribution in [3.63, 3.8) is 0 Å².